The van der Waals surface area contributed by atoms with E-state index in [1.807, 2.05) is 0 Å². The van der Waals surface area contributed by atoms with E-state index < -0.39 is 6.17 Å². The fourth-order valence-electron chi connectivity index (χ4n) is 0.0481. The van der Waals surface area contributed by atoms with Crippen LogP contribution in [0.2, 0.25) is 0 Å². The van der Waals surface area contributed by atoms with E-state index in [-0.39, 0.29) is 0 Å². The van der Waals surface area contributed by atoms with Crippen molar-refractivity contribution in [3.63, 3.8) is 0 Å². The Balaban J connectivity index is 3.21. The van der Waals surface area contributed by atoms with E-state index in [2.05, 4.69) is 0 Å². The van der Waals surface area contributed by atoms with E-state index in [0.717, 1.165) is 0 Å². The molecule has 2 N–H and O–H groups in total. The van der Waals surface area contributed by atoms with Gasteiger partial charge in [-0.3, -0.25) is 0 Å². The fourth-order valence-corrected chi connectivity index (χ4v) is 0.0481. The van der Waals surface area contributed by atoms with Crippen LogP contribution >= 0.6 is 0 Å². The summed E-state index contributed by atoms with van der Waals surface area (Å²) >= 11 is 0. The molecular weight excluding hydrogens is 83.0 g/mol. The van der Waals surface area contributed by atoms with Gasteiger partial charge in [0.05, 0.1) is 0 Å². The van der Waals surface area contributed by atoms with Crippen LogP contribution in [0, 0.1) is 10.8 Å². The van der Waals surface area contributed by atoms with Gasteiger partial charge in [0.1, 0.15) is 0 Å². The zero-order valence-corrected chi connectivity index (χ0v) is 3.11. The van der Waals surface area contributed by atoms with Gasteiger partial charge < -0.3 is 10.8 Å². The highest BCUT2D eigenvalue weighted by Gasteiger charge is 1.88. The summed E-state index contributed by atoms with van der Waals surface area (Å²) in [6.45, 7) is 0. The fraction of sp³-hybridized carbons (Fsp3) is 0.333. The van der Waals surface area contributed by atoms with Gasteiger partial charge in [0.2, 0.25) is 0 Å². The van der Waals surface area contributed by atoms with Crippen LogP contribution < -0.4 is 0 Å². The molecule has 0 rings (SSSR count). The number of nitrogens with one attached hydrogen (secondary N) is 2. The Morgan fingerprint density at radius 3 is 1.67 bits per heavy atom. The maximum atomic E-state index is 11.4. The molecule has 0 aromatic heterocycles. The molecule has 2 nitrogen and oxygen atoms in total. The first-order valence-corrected chi connectivity index (χ1v) is 1.46. The summed E-state index contributed by atoms with van der Waals surface area (Å²) in [6.07, 6.45) is -0.356. The summed E-state index contributed by atoms with van der Waals surface area (Å²) in [6, 6.07) is 0. The number of rotatable bonds is 2. The molecule has 0 radical (unpaired) electrons. The number of hydrogen-bond donors (Lipinski definition) is 2. The lowest BCUT2D eigenvalue weighted by Crippen LogP contribution is -1.98. The van der Waals surface area contributed by atoms with Crippen molar-refractivity contribution in [2.75, 3.05) is 0 Å². The van der Waals surface area contributed by atoms with Crippen LogP contribution in [-0.2, 0) is 0 Å². The molecule has 0 aliphatic heterocycles. The second-order valence-corrected chi connectivity index (χ2v) is 0.778. The van der Waals surface area contributed by atoms with Crippen LogP contribution in [0.25, 0.3) is 0 Å². The highest BCUT2D eigenvalue weighted by Crippen LogP contribution is 1.73. The Morgan fingerprint density at radius 1 is 1.33 bits per heavy atom. The number of alkyl halides is 1. The number of hydrogen-bond acceptors (Lipinski definition) is 2. The van der Waals surface area contributed by atoms with Crippen molar-refractivity contribution in [2.24, 2.45) is 0 Å². The molecule has 0 aromatic carbocycles. The van der Waals surface area contributed by atoms with Crippen molar-refractivity contribution in [3.05, 3.63) is 0 Å². The minimum Gasteiger partial charge on any atom is -0.310 e. The molecule has 0 atom stereocenters. The SMILES string of the molecule is N=CC(F)C=N. The van der Waals surface area contributed by atoms with Gasteiger partial charge in [0, 0.05) is 12.4 Å². The molecule has 0 bridgehead atoms. The van der Waals surface area contributed by atoms with E-state index in [9.17, 15) is 4.39 Å². The van der Waals surface area contributed by atoms with Crippen molar-refractivity contribution < 1.29 is 4.39 Å². The zero-order chi connectivity index (χ0) is 4.99. The minimum atomic E-state index is -1.48. The molecule has 0 aromatic rings. The van der Waals surface area contributed by atoms with Crippen molar-refractivity contribution in [1.29, 1.82) is 10.8 Å². The molecule has 0 aliphatic rings. The predicted molar refractivity (Wildman–Crippen MR) is 22.5 cm³/mol. The molecule has 0 aliphatic carbocycles. The molecule has 0 saturated heterocycles. The molecule has 0 spiro atoms. The smallest absolute Gasteiger partial charge is 0.169 e. The average molecular weight is 88.1 g/mol. The first-order chi connectivity index (χ1) is 2.81. The van der Waals surface area contributed by atoms with Gasteiger partial charge in [-0.15, -0.1) is 0 Å². The van der Waals surface area contributed by atoms with E-state index in [4.69, 9.17) is 10.8 Å². The van der Waals surface area contributed by atoms with Crippen molar-refractivity contribution in [3.8, 4) is 0 Å². The standard InChI is InChI=1S/C3H5FN2/c4-3(1-5)2-6/h1-3,5-6H. The molecule has 3 heteroatoms. The molecule has 0 amide bonds. The van der Waals surface area contributed by atoms with Gasteiger partial charge in [0.15, 0.2) is 6.17 Å². The first kappa shape index (κ1) is 5.27. The van der Waals surface area contributed by atoms with Crippen molar-refractivity contribution >= 4 is 12.4 Å². The van der Waals surface area contributed by atoms with Crippen LogP contribution in [-0.4, -0.2) is 18.6 Å². The zero-order valence-electron chi connectivity index (χ0n) is 3.11. The molecule has 0 heterocycles. The Kier molecular flexibility index (Phi) is 2.20. The Morgan fingerprint density at radius 2 is 1.67 bits per heavy atom. The second-order valence-electron chi connectivity index (χ2n) is 0.778. The quantitative estimate of drug-likeness (QED) is 0.465. The molecule has 34 valence electrons. The Bertz CT molecular complexity index is 53.8. The maximum absolute atomic E-state index is 11.4. The molecule has 0 unspecified atom stereocenters. The van der Waals surface area contributed by atoms with Crippen LogP contribution in [0.3, 0.4) is 0 Å². The van der Waals surface area contributed by atoms with E-state index in [1.54, 1.807) is 0 Å². The molecule has 0 fully saturated rings. The molecular formula is C3H5FN2. The summed E-state index contributed by atoms with van der Waals surface area (Å²) in [4.78, 5) is 0. The maximum Gasteiger partial charge on any atom is 0.169 e. The third-order valence-electron chi connectivity index (χ3n) is 0.318. The van der Waals surface area contributed by atoms with E-state index >= 15 is 0 Å². The minimum absolute atomic E-state index is 0.562. The summed E-state index contributed by atoms with van der Waals surface area (Å²) in [5.74, 6) is 0. The lowest BCUT2D eigenvalue weighted by Gasteiger charge is -1.80. The van der Waals surface area contributed by atoms with Gasteiger partial charge in [0.25, 0.3) is 0 Å². The van der Waals surface area contributed by atoms with Gasteiger partial charge in [-0.1, -0.05) is 0 Å². The van der Waals surface area contributed by atoms with Gasteiger partial charge in [-0.25, -0.2) is 4.39 Å². The Hall–Kier alpha value is -0.730. The average Bonchev–Trinajstić information content (AvgIpc) is 1.65. The van der Waals surface area contributed by atoms with Crippen LogP contribution in [0.15, 0.2) is 0 Å². The Labute approximate surface area is 35.0 Å². The highest BCUT2D eigenvalue weighted by atomic mass is 19.1. The monoisotopic (exact) mass is 88.0 g/mol. The van der Waals surface area contributed by atoms with Crippen LogP contribution in [0.1, 0.15) is 0 Å². The lowest BCUT2D eigenvalue weighted by molar-refractivity contribution is 0.525. The highest BCUT2D eigenvalue weighted by molar-refractivity contribution is 5.83. The van der Waals surface area contributed by atoms with Gasteiger partial charge in [-0.05, 0) is 0 Å². The summed E-state index contributed by atoms with van der Waals surface area (Å²) in [5, 5.41) is 12.3. The van der Waals surface area contributed by atoms with Crippen LogP contribution in [0.4, 0.5) is 4.39 Å². The molecule has 6 heavy (non-hydrogen) atoms. The normalized spacial score (nSPS) is 12.8. The largest absolute Gasteiger partial charge is 0.310 e. The predicted octanol–water partition coefficient (Wildman–Crippen LogP) is 0.624. The topological polar surface area (TPSA) is 47.7 Å². The van der Waals surface area contributed by atoms with E-state index in [1.165, 1.54) is 0 Å². The summed E-state index contributed by atoms with van der Waals surface area (Å²) < 4.78 is 11.4. The van der Waals surface area contributed by atoms with Crippen molar-refractivity contribution in [1.82, 2.24) is 0 Å². The first-order valence-electron chi connectivity index (χ1n) is 1.46. The molecule has 0 saturated carbocycles. The van der Waals surface area contributed by atoms with Crippen molar-refractivity contribution in [2.45, 2.75) is 6.17 Å². The second kappa shape index (κ2) is 2.50. The number of halogens is 1. The summed E-state index contributed by atoms with van der Waals surface area (Å²) in [5.41, 5.74) is 0. The van der Waals surface area contributed by atoms with Gasteiger partial charge in [-0.2, -0.15) is 0 Å². The third-order valence-corrected chi connectivity index (χ3v) is 0.318. The van der Waals surface area contributed by atoms with Crippen LogP contribution in [0.5, 0.6) is 0 Å². The lowest BCUT2D eigenvalue weighted by atomic mass is 10.5. The van der Waals surface area contributed by atoms with Gasteiger partial charge >= 0.3 is 0 Å². The summed E-state index contributed by atoms with van der Waals surface area (Å²) in [7, 11) is 0. The third kappa shape index (κ3) is 1.58. The van der Waals surface area contributed by atoms with E-state index in [0.29, 0.717) is 12.4 Å².